The fraction of sp³-hybridized carbons (Fsp3) is 0.611. The molecule has 1 saturated carbocycles. The van der Waals surface area contributed by atoms with Crippen molar-refractivity contribution in [1.29, 1.82) is 0 Å². The van der Waals surface area contributed by atoms with E-state index < -0.39 is 0 Å². The molecule has 0 saturated heterocycles. The second-order valence-electron chi connectivity index (χ2n) is 7.63. The van der Waals surface area contributed by atoms with Gasteiger partial charge in [0.1, 0.15) is 4.88 Å². The van der Waals surface area contributed by atoms with Crippen molar-refractivity contribution in [2.24, 2.45) is 0 Å². The average molecular weight is 362 g/mol. The summed E-state index contributed by atoms with van der Waals surface area (Å²) in [5.41, 5.74) is 0.920. The van der Waals surface area contributed by atoms with Crippen molar-refractivity contribution < 1.29 is 9.53 Å². The Morgan fingerprint density at radius 1 is 1.32 bits per heavy atom. The Balaban J connectivity index is 1.70. The minimum absolute atomic E-state index is 0.0120. The van der Waals surface area contributed by atoms with Crippen molar-refractivity contribution in [1.82, 2.24) is 15.0 Å². The molecule has 0 amide bonds. The fourth-order valence-electron chi connectivity index (χ4n) is 3.23. The van der Waals surface area contributed by atoms with Crippen LogP contribution in [0, 0.1) is 0 Å². The predicted octanol–water partition coefficient (Wildman–Crippen LogP) is 4.02. The molecule has 0 radical (unpaired) electrons. The van der Waals surface area contributed by atoms with Crippen LogP contribution in [0.3, 0.4) is 0 Å². The topological polar surface area (TPSA) is 69.0 Å². The van der Waals surface area contributed by atoms with Crippen LogP contribution in [-0.4, -0.2) is 34.1 Å². The summed E-state index contributed by atoms with van der Waals surface area (Å²) in [5, 5.41) is 11.6. The highest BCUT2D eigenvalue weighted by Gasteiger charge is 2.27. The zero-order valence-corrected chi connectivity index (χ0v) is 16.1. The normalized spacial score (nSPS) is 21.1. The van der Waals surface area contributed by atoms with Crippen LogP contribution in [-0.2, 0) is 10.2 Å². The summed E-state index contributed by atoms with van der Waals surface area (Å²) in [6, 6.07) is 2.90. The first-order valence-electron chi connectivity index (χ1n) is 8.73. The van der Waals surface area contributed by atoms with Gasteiger partial charge < -0.3 is 10.1 Å². The smallest absolute Gasteiger partial charge is 0.350 e. The SMILES string of the molecule is COC(=O)c1sc(C(C)(C)C)cc1NC1CCC(n2ccnn2)CC1. The first-order chi connectivity index (χ1) is 11.9. The van der Waals surface area contributed by atoms with Crippen molar-refractivity contribution in [3.63, 3.8) is 0 Å². The van der Waals surface area contributed by atoms with Gasteiger partial charge in [0.25, 0.3) is 0 Å². The maximum absolute atomic E-state index is 12.2. The van der Waals surface area contributed by atoms with E-state index in [2.05, 4.69) is 42.5 Å². The molecule has 0 spiro atoms. The molecule has 0 bridgehead atoms. The number of nitrogens with one attached hydrogen (secondary N) is 1. The third kappa shape index (κ3) is 4.03. The molecule has 1 fully saturated rings. The van der Waals surface area contributed by atoms with Crippen molar-refractivity contribution in [3.05, 3.63) is 28.2 Å². The first-order valence-corrected chi connectivity index (χ1v) is 9.55. The molecule has 2 aromatic rings. The summed E-state index contributed by atoms with van der Waals surface area (Å²) in [5.74, 6) is -0.265. The third-order valence-corrected chi connectivity index (χ3v) is 6.25. The minimum atomic E-state index is -0.265. The zero-order chi connectivity index (χ0) is 18.0. The Kier molecular flexibility index (Phi) is 5.13. The number of anilines is 1. The third-order valence-electron chi connectivity index (χ3n) is 4.71. The van der Waals surface area contributed by atoms with Gasteiger partial charge in [0, 0.05) is 17.1 Å². The van der Waals surface area contributed by atoms with E-state index in [-0.39, 0.29) is 11.4 Å². The Labute approximate surface area is 152 Å². The lowest BCUT2D eigenvalue weighted by molar-refractivity contribution is 0.0607. The molecule has 7 heteroatoms. The van der Waals surface area contributed by atoms with Crippen LogP contribution >= 0.6 is 11.3 Å². The average Bonchev–Trinajstić information content (AvgIpc) is 3.24. The molecular weight excluding hydrogens is 336 g/mol. The maximum atomic E-state index is 12.2. The van der Waals surface area contributed by atoms with Gasteiger partial charge in [-0.25, -0.2) is 9.48 Å². The summed E-state index contributed by atoms with van der Waals surface area (Å²) in [6.07, 6.45) is 7.88. The lowest BCUT2D eigenvalue weighted by Gasteiger charge is -2.29. The summed E-state index contributed by atoms with van der Waals surface area (Å²) < 4.78 is 6.93. The van der Waals surface area contributed by atoms with E-state index in [9.17, 15) is 4.79 Å². The molecular formula is C18H26N4O2S. The Morgan fingerprint density at radius 3 is 2.60 bits per heavy atom. The fourth-order valence-corrected chi connectivity index (χ4v) is 4.33. The zero-order valence-electron chi connectivity index (χ0n) is 15.3. The number of nitrogens with zero attached hydrogens (tertiary/aromatic N) is 3. The highest BCUT2D eigenvalue weighted by Crippen LogP contribution is 2.37. The second-order valence-corrected chi connectivity index (χ2v) is 8.68. The quantitative estimate of drug-likeness (QED) is 0.832. The van der Waals surface area contributed by atoms with Gasteiger partial charge in [-0.3, -0.25) is 0 Å². The number of hydrogen-bond donors (Lipinski definition) is 1. The number of aromatic nitrogens is 3. The van der Waals surface area contributed by atoms with Gasteiger partial charge in [0.05, 0.1) is 25.0 Å². The van der Waals surface area contributed by atoms with Crippen LogP contribution in [0.15, 0.2) is 18.5 Å². The van der Waals surface area contributed by atoms with Crippen LogP contribution < -0.4 is 5.32 Å². The van der Waals surface area contributed by atoms with Crippen molar-refractivity contribution >= 4 is 23.0 Å². The highest BCUT2D eigenvalue weighted by molar-refractivity contribution is 7.14. The molecule has 3 rings (SSSR count). The molecule has 1 N–H and O–H groups in total. The van der Waals surface area contributed by atoms with Gasteiger partial charge in [0.2, 0.25) is 0 Å². The summed E-state index contributed by atoms with van der Waals surface area (Å²) >= 11 is 1.53. The summed E-state index contributed by atoms with van der Waals surface area (Å²) in [6.45, 7) is 6.48. The maximum Gasteiger partial charge on any atom is 0.350 e. The highest BCUT2D eigenvalue weighted by atomic mass is 32.1. The molecule has 0 aliphatic heterocycles. The van der Waals surface area contributed by atoms with Gasteiger partial charge in [-0.05, 0) is 37.2 Å². The van der Waals surface area contributed by atoms with E-state index in [1.54, 1.807) is 6.20 Å². The predicted molar refractivity (Wildman–Crippen MR) is 99.3 cm³/mol. The summed E-state index contributed by atoms with van der Waals surface area (Å²) in [7, 11) is 1.44. The molecule has 1 aliphatic rings. The van der Waals surface area contributed by atoms with Crippen molar-refractivity contribution in [2.45, 2.75) is 64.0 Å². The number of hydrogen-bond acceptors (Lipinski definition) is 6. The molecule has 25 heavy (non-hydrogen) atoms. The van der Waals surface area contributed by atoms with Crippen LogP contribution in [0.4, 0.5) is 5.69 Å². The van der Waals surface area contributed by atoms with Gasteiger partial charge in [-0.2, -0.15) is 0 Å². The van der Waals surface area contributed by atoms with E-state index in [1.807, 2.05) is 10.9 Å². The number of carbonyl (C=O) groups excluding carboxylic acids is 1. The van der Waals surface area contributed by atoms with E-state index >= 15 is 0 Å². The number of carbonyl (C=O) groups is 1. The van der Waals surface area contributed by atoms with Crippen LogP contribution in [0.25, 0.3) is 0 Å². The van der Waals surface area contributed by atoms with Crippen LogP contribution in [0.1, 0.15) is 67.0 Å². The van der Waals surface area contributed by atoms with Crippen molar-refractivity contribution in [2.75, 3.05) is 12.4 Å². The van der Waals surface area contributed by atoms with Crippen molar-refractivity contribution in [3.8, 4) is 0 Å². The number of rotatable bonds is 4. The first kappa shape index (κ1) is 17.9. The Morgan fingerprint density at radius 2 is 2.04 bits per heavy atom. The van der Waals surface area contributed by atoms with Crippen LogP contribution in [0.2, 0.25) is 0 Å². The molecule has 1 aliphatic carbocycles. The van der Waals surface area contributed by atoms with Gasteiger partial charge in [0.15, 0.2) is 0 Å². The Bertz CT molecular complexity index is 710. The largest absolute Gasteiger partial charge is 0.465 e. The molecule has 2 aromatic heterocycles. The van der Waals surface area contributed by atoms with E-state index in [0.717, 1.165) is 31.4 Å². The van der Waals surface area contributed by atoms with E-state index in [1.165, 1.54) is 23.3 Å². The van der Waals surface area contributed by atoms with Crippen LogP contribution in [0.5, 0.6) is 0 Å². The van der Waals surface area contributed by atoms with E-state index in [0.29, 0.717) is 17.0 Å². The molecule has 0 aromatic carbocycles. The van der Waals surface area contributed by atoms with Gasteiger partial charge in [-0.1, -0.05) is 26.0 Å². The standard InChI is InChI=1S/C18H26N4O2S/c1-18(2,3)15-11-14(16(25-15)17(23)24-4)20-12-5-7-13(8-6-12)22-10-9-19-21-22/h9-13,20H,5-8H2,1-4H3. The number of methoxy groups -OCH3 is 1. The second kappa shape index (κ2) is 7.15. The number of esters is 1. The Hall–Kier alpha value is -1.89. The lowest BCUT2D eigenvalue weighted by atomic mass is 9.91. The molecule has 0 atom stereocenters. The summed E-state index contributed by atoms with van der Waals surface area (Å²) in [4.78, 5) is 14.0. The minimum Gasteiger partial charge on any atom is -0.465 e. The number of thiophene rings is 1. The monoisotopic (exact) mass is 362 g/mol. The lowest BCUT2D eigenvalue weighted by Crippen LogP contribution is -2.28. The molecule has 6 nitrogen and oxygen atoms in total. The molecule has 2 heterocycles. The van der Waals surface area contributed by atoms with Gasteiger partial charge >= 0.3 is 5.97 Å². The number of ether oxygens (including phenoxy) is 1. The van der Waals surface area contributed by atoms with E-state index in [4.69, 9.17) is 4.74 Å². The van der Waals surface area contributed by atoms with Gasteiger partial charge in [-0.15, -0.1) is 16.4 Å². The molecule has 0 unspecified atom stereocenters. The molecule has 136 valence electrons.